The zero-order chi connectivity index (χ0) is 27.7. The number of hydrogen-bond acceptors (Lipinski definition) is 6. The molecular formula is C28H29F2N5O3S. The highest BCUT2D eigenvalue weighted by Crippen LogP contribution is 2.32. The van der Waals surface area contributed by atoms with Gasteiger partial charge in [0, 0.05) is 44.3 Å². The fourth-order valence-corrected chi connectivity index (χ4v) is 6.51. The van der Waals surface area contributed by atoms with E-state index >= 15 is 0 Å². The predicted molar refractivity (Wildman–Crippen MR) is 141 cm³/mol. The molecule has 11 heteroatoms. The Kier molecular flexibility index (Phi) is 7.57. The van der Waals surface area contributed by atoms with Gasteiger partial charge in [-0.05, 0) is 49.6 Å². The molecule has 0 bridgehead atoms. The topological polar surface area (TPSA) is 95.5 Å². The summed E-state index contributed by atoms with van der Waals surface area (Å²) >= 11 is 0. The van der Waals surface area contributed by atoms with Gasteiger partial charge < -0.3 is 4.90 Å². The van der Waals surface area contributed by atoms with E-state index in [1.165, 1.54) is 6.33 Å². The predicted octanol–water partition coefficient (Wildman–Crippen LogP) is 3.75. The van der Waals surface area contributed by atoms with Crippen molar-refractivity contribution in [3.05, 3.63) is 101 Å². The molecule has 8 nitrogen and oxygen atoms in total. The maximum absolute atomic E-state index is 13.7. The third-order valence-electron chi connectivity index (χ3n) is 7.28. The maximum Gasteiger partial charge on any atom is 0.261 e. The Hall–Kier alpha value is -3.54. The first-order valence-electron chi connectivity index (χ1n) is 12.7. The summed E-state index contributed by atoms with van der Waals surface area (Å²) in [4.78, 5) is 25.1. The number of nitrogens with zero attached hydrogens (tertiary/aromatic N) is 4. The summed E-state index contributed by atoms with van der Waals surface area (Å²) in [6.07, 6.45) is 3.84. The van der Waals surface area contributed by atoms with E-state index in [1.54, 1.807) is 18.7 Å². The van der Waals surface area contributed by atoms with Crippen molar-refractivity contribution in [3.63, 3.8) is 0 Å². The number of benzene rings is 2. The van der Waals surface area contributed by atoms with E-state index in [2.05, 4.69) is 19.6 Å². The van der Waals surface area contributed by atoms with Gasteiger partial charge in [0.15, 0.2) is 11.6 Å². The van der Waals surface area contributed by atoms with Crippen LogP contribution in [0.25, 0.3) is 0 Å². The van der Waals surface area contributed by atoms with Crippen LogP contribution in [0.15, 0.2) is 71.5 Å². The minimum atomic E-state index is -4.10. The molecule has 2 aliphatic heterocycles. The molecule has 39 heavy (non-hydrogen) atoms. The van der Waals surface area contributed by atoms with E-state index in [0.29, 0.717) is 49.1 Å². The van der Waals surface area contributed by atoms with Crippen LogP contribution in [0, 0.1) is 31.4 Å². The van der Waals surface area contributed by atoms with Gasteiger partial charge in [-0.15, -0.1) is 0 Å². The molecule has 1 N–H and O–H groups in total. The third kappa shape index (κ3) is 5.75. The Morgan fingerprint density at radius 3 is 2.44 bits per heavy atom. The number of fused-ring (bicyclic) bond motifs is 1. The molecular weight excluding hydrogens is 524 g/mol. The first-order chi connectivity index (χ1) is 18.6. The second-order valence-electron chi connectivity index (χ2n) is 9.96. The maximum atomic E-state index is 13.7. The number of rotatable bonds is 8. The SMILES string of the molecule is Cc1ncnc(C)c1C(=O)N1C=C2CN(CC[C@H](NS(=O)(=O)c3ccc(F)c(F)c3)c3ccccc3)CC2C1. The Balaban J connectivity index is 1.26. The van der Waals surface area contributed by atoms with Crippen LogP contribution in [0.5, 0.6) is 0 Å². The lowest BCUT2D eigenvalue weighted by Gasteiger charge is -2.24. The fraction of sp³-hybridized carbons (Fsp3) is 0.321. The molecule has 2 atom stereocenters. The van der Waals surface area contributed by atoms with Crippen molar-refractivity contribution < 1.29 is 22.0 Å². The van der Waals surface area contributed by atoms with Crippen molar-refractivity contribution in [1.29, 1.82) is 0 Å². The summed E-state index contributed by atoms with van der Waals surface area (Å²) in [6.45, 7) is 6.20. The Labute approximate surface area is 226 Å². The highest BCUT2D eigenvalue weighted by Gasteiger charge is 2.36. The standard InChI is InChI=1S/C28H29F2N5O3S/c1-18-27(19(2)32-17-31-18)28(36)35-15-21-13-34(14-22(21)16-35)11-10-26(20-6-4-3-5-7-20)33-39(37,38)23-8-9-24(29)25(30)12-23/h3-9,12,15,17,22,26,33H,10-11,13-14,16H2,1-2H3/t22?,26-/m0/s1. The zero-order valence-corrected chi connectivity index (χ0v) is 22.5. The molecule has 3 heterocycles. The van der Waals surface area contributed by atoms with Gasteiger partial charge in [-0.1, -0.05) is 30.3 Å². The van der Waals surface area contributed by atoms with Crippen molar-refractivity contribution in [3.8, 4) is 0 Å². The molecule has 0 saturated carbocycles. The van der Waals surface area contributed by atoms with Crippen molar-refractivity contribution >= 4 is 15.9 Å². The second kappa shape index (κ2) is 10.9. The van der Waals surface area contributed by atoms with Crippen LogP contribution in [0.2, 0.25) is 0 Å². The Morgan fingerprint density at radius 2 is 1.77 bits per heavy atom. The Morgan fingerprint density at radius 1 is 1.05 bits per heavy atom. The number of hydrogen-bond donors (Lipinski definition) is 1. The minimum absolute atomic E-state index is 0.102. The lowest BCUT2D eigenvalue weighted by Crippen LogP contribution is -2.34. The summed E-state index contributed by atoms with van der Waals surface area (Å²) in [7, 11) is -4.10. The average Bonchev–Trinajstić information content (AvgIpc) is 3.47. The lowest BCUT2D eigenvalue weighted by atomic mass is 10.0. The van der Waals surface area contributed by atoms with Crippen molar-refractivity contribution in [2.75, 3.05) is 26.2 Å². The molecule has 1 unspecified atom stereocenters. The first kappa shape index (κ1) is 27.0. The van der Waals surface area contributed by atoms with E-state index in [-0.39, 0.29) is 16.7 Å². The summed E-state index contributed by atoms with van der Waals surface area (Å²) < 4.78 is 55.8. The van der Waals surface area contributed by atoms with Gasteiger partial charge in [0.25, 0.3) is 5.91 Å². The molecule has 2 aliphatic rings. The number of carbonyl (C=O) groups is 1. The number of amides is 1. The number of sulfonamides is 1. The summed E-state index contributed by atoms with van der Waals surface area (Å²) in [5, 5.41) is 0. The minimum Gasteiger partial charge on any atom is -0.314 e. The number of aryl methyl sites for hydroxylation is 2. The molecule has 1 fully saturated rings. The molecule has 204 valence electrons. The molecule has 1 amide bonds. The van der Waals surface area contributed by atoms with Gasteiger partial charge in [-0.2, -0.15) is 0 Å². The van der Waals surface area contributed by atoms with E-state index in [4.69, 9.17) is 0 Å². The molecule has 0 spiro atoms. The molecule has 2 aromatic carbocycles. The van der Waals surface area contributed by atoms with Crippen LogP contribution in [0.3, 0.4) is 0 Å². The number of carbonyl (C=O) groups excluding carboxylic acids is 1. The van der Waals surface area contributed by atoms with Crippen LogP contribution in [-0.4, -0.2) is 60.3 Å². The van der Waals surface area contributed by atoms with Crippen molar-refractivity contribution in [2.45, 2.75) is 31.2 Å². The summed E-state index contributed by atoms with van der Waals surface area (Å²) in [5.41, 5.74) is 3.78. The van der Waals surface area contributed by atoms with Crippen LogP contribution >= 0.6 is 0 Å². The molecule has 3 aromatic rings. The highest BCUT2D eigenvalue weighted by molar-refractivity contribution is 7.89. The van der Waals surface area contributed by atoms with Gasteiger partial charge >= 0.3 is 0 Å². The monoisotopic (exact) mass is 553 g/mol. The highest BCUT2D eigenvalue weighted by atomic mass is 32.2. The molecule has 1 saturated heterocycles. The van der Waals surface area contributed by atoms with E-state index in [0.717, 1.165) is 29.8 Å². The quantitative estimate of drug-likeness (QED) is 0.457. The van der Waals surface area contributed by atoms with Crippen LogP contribution in [-0.2, 0) is 10.0 Å². The van der Waals surface area contributed by atoms with E-state index < -0.39 is 27.7 Å². The second-order valence-corrected chi connectivity index (χ2v) is 11.7. The zero-order valence-electron chi connectivity index (χ0n) is 21.6. The van der Waals surface area contributed by atoms with Crippen LogP contribution in [0.4, 0.5) is 8.78 Å². The summed E-state index contributed by atoms with van der Waals surface area (Å²) in [5.74, 6) is -2.23. The van der Waals surface area contributed by atoms with Gasteiger partial charge in [0.1, 0.15) is 6.33 Å². The van der Waals surface area contributed by atoms with Gasteiger partial charge in [0.05, 0.1) is 21.8 Å². The van der Waals surface area contributed by atoms with Crippen LogP contribution in [0.1, 0.15) is 39.8 Å². The number of halogens is 2. The largest absolute Gasteiger partial charge is 0.314 e. The van der Waals surface area contributed by atoms with Crippen molar-refractivity contribution in [1.82, 2.24) is 24.5 Å². The van der Waals surface area contributed by atoms with Gasteiger partial charge in [0.2, 0.25) is 10.0 Å². The van der Waals surface area contributed by atoms with Crippen molar-refractivity contribution in [2.24, 2.45) is 5.92 Å². The Bertz CT molecular complexity index is 1510. The normalized spacial score (nSPS) is 18.2. The molecule has 5 rings (SSSR count). The molecule has 0 radical (unpaired) electrons. The average molecular weight is 554 g/mol. The number of nitrogens with one attached hydrogen (secondary N) is 1. The number of aromatic nitrogens is 2. The lowest BCUT2D eigenvalue weighted by molar-refractivity contribution is 0.0818. The van der Waals surface area contributed by atoms with E-state index in [1.807, 2.05) is 36.5 Å². The van der Waals surface area contributed by atoms with Crippen LogP contribution < -0.4 is 4.72 Å². The fourth-order valence-electron chi connectivity index (χ4n) is 5.24. The molecule has 0 aliphatic carbocycles. The smallest absolute Gasteiger partial charge is 0.261 e. The molecule has 1 aromatic heterocycles. The number of likely N-dealkylation sites (tertiary alicyclic amines) is 1. The van der Waals surface area contributed by atoms with Gasteiger partial charge in [-0.3, -0.25) is 9.69 Å². The first-order valence-corrected chi connectivity index (χ1v) is 14.1. The van der Waals surface area contributed by atoms with Gasteiger partial charge in [-0.25, -0.2) is 31.9 Å². The summed E-state index contributed by atoms with van der Waals surface area (Å²) in [6, 6.07) is 11.1. The van der Waals surface area contributed by atoms with E-state index in [9.17, 15) is 22.0 Å². The third-order valence-corrected chi connectivity index (χ3v) is 8.75.